The maximum absolute atomic E-state index is 14.0. The normalized spacial score (nSPS) is 11.3. The highest BCUT2D eigenvalue weighted by Gasteiger charge is 2.12. The van der Waals surface area contributed by atoms with Crippen LogP contribution in [-0.4, -0.2) is 6.54 Å². The van der Waals surface area contributed by atoms with E-state index in [4.69, 9.17) is 4.42 Å². The fraction of sp³-hybridized carbons (Fsp3) is 0.375. The number of hydrogen-bond donors (Lipinski definition) is 1. The van der Waals surface area contributed by atoms with E-state index in [9.17, 15) is 8.78 Å². The predicted octanol–water partition coefficient (Wildman–Crippen LogP) is 4.60. The minimum absolute atomic E-state index is 0.0407. The number of halogens is 2. The quantitative estimate of drug-likeness (QED) is 0.757. The van der Waals surface area contributed by atoms with Crippen molar-refractivity contribution in [2.45, 2.75) is 31.0 Å². The molecule has 114 valence electrons. The Morgan fingerprint density at radius 3 is 2.52 bits per heavy atom. The summed E-state index contributed by atoms with van der Waals surface area (Å²) in [6.45, 7) is 5.46. The molecule has 1 aromatic heterocycles. The molecule has 2 rings (SSSR count). The molecule has 0 atom stereocenters. The van der Waals surface area contributed by atoms with Crippen molar-refractivity contribution >= 4 is 11.8 Å². The number of benzene rings is 1. The first-order chi connectivity index (χ1) is 10.1. The smallest absolute Gasteiger partial charge is 0.140 e. The molecule has 0 saturated heterocycles. The first-order valence-corrected chi connectivity index (χ1v) is 7.88. The van der Waals surface area contributed by atoms with Gasteiger partial charge in [-0.3, -0.25) is 0 Å². The lowest BCUT2D eigenvalue weighted by molar-refractivity contribution is 0.522. The summed E-state index contributed by atoms with van der Waals surface area (Å²) in [5.41, 5.74) is 0.619. The van der Waals surface area contributed by atoms with Crippen LogP contribution in [-0.2, 0) is 12.3 Å². The zero-order valence-corrected chi connectivity index (χ0v) is 13.0. The molecule has 0 aliphatic carbocycles. The number of rotatable bonds is 7. The largest absolute Gasteiger partial charge is 0.468 e. The van der Waals surface area contributed by atoms with Crippen LogP contribution in [0.5, 0.6) is 0 Å². The van der Waals surface area contributed by atoms with E-state index in [1.165, 1.54) is 12.1 Å². The van der Waals surface area contributed by atoms with Gasteiger partial charge in [-0.25, -0.2) is 8.78 Å². The standard InChI is InChI=1S/C16H19F2NOS/c1-11(2)8-19-9-12-6-14(17)16(15(18)7-12)21-10-13-4-3-5-20-13/h3-7,11,19H,8-10H2,1-2H3. The van der Waals surface area contributed by atoms with Gasteiger partial charge in [-0.05, 0) is 42.3 Å². The molecule has 0 aliphatic rings. The Hall–Kier alpha value is -1.33. The second kappa shape index (κ2) is 7.61. The molecule has 21 heavy (non-hydrogen) atoms. The molecule has 0 aliphatic heterocycles. The molecule has 1 aromatic carbocycles. The molecular formula is C16H19F2NOS. The number of hydrogen-bond acceptors (Lipinski definition) is 3. The van der Waals surface area contributed by atoms with Crippen LogP contribution in [0.15, 0.2) is 39.8 Å². The van der Waals surface area contributed by atoms with E-state index in [1.807, 2.05) is 0 Å². The van der Waals surface area contributed by atoms with E-state index in [0.717, 1.165) is 18.3 Å². The summed E-state index contributed by atoms with van der Waals surface area (Å²) in [5, 5.41) is 3.17. The fourth-order valence-electron chi connectivity index (χ4n) is 1.90. The Labute approximate surface area is 127 Å². The van der Waals surface area contributed by atoms with Gasteiger partial charge in [-0.1, -0.05) is 13.8 Å². The average Bonchev–Trinajstić information content (AvgIpc) is 2.90. The van der Waals surface area contributed by atoms with Crippen molar-refractivity contribution in [3.63, 3.8) is 0 Å². The van der Waals surface area contributed by atoms with Gasteiger partial charge in [0.2, 0.25) is 0 Å². The molecule has 2 aromatic rings. The van der Waals surface area contributed by atoms with Gasteiger partial charge >= 0.3 is 0 Å². The summed E-state index contributed by atoms with van der Waals surface area (Å²) >= 11 is 1.10. The van der Waals surface area contributed by atoms with E-state index in [-0.39, 0.29) is 4.90 Å². The fourth-order valence-corrected chi connectivity index (χ4v) is 2.74. The van der Waals surface area contributed by atoms with Crippen molar-refractivity contribution in [1.82, 2.24) is 5.32 Å². The van der Waals surface area contributed by atoms with Crippen molar-refractivity contribution in [2.24, 2.45) is 5.92 Å². The van der Waals surface area contributed by atoms with Gasteiger partial charge in [0.15, 0.2) is 0 Å². The lowest BCUT2D eigenvalue weighted by Gasteiger charge is -2.10. The third-order valence-electron chi connectivity index (χ3n) is 2.88. The van der Waals surface area contributed by atoms with Crippen molar-refractivity contribution in [3.8, 4) is 0 Å². The molecule has 0 amide bonds. The zero-order chi connectivity index (χ0) is 15.2. The van der Waals surface area contributed by atoms with Crippen molar-refractivity contribution in [2.75, 3.05) is 6.54 Å². The SMILES string of the molecule is CC(C)CNCc1cc(F)c(SCc2ccco2)c(F)c1. The second-order valence-electron chi connectivity index (χ2n) is 5.28. The van der Waals surface area contributed by atoms with Gasteiger partial charge in [-0.2, -0.15) is 0 Å². The molecule has 5 heteroatoms. The van der Waals surface area contributed by atoms with Gasteiger partial charge in [0.05, 0.1) is 16.9 Å². The van der Waals surface area contributed by atoms with Gasteiger partial charge < -0.3 is 9.73 Å². The molecule has 0 saturated carbocycles. The average molecular weight is 311 g/mol. The summed E-state index contributed by atoms with van der Waals surface area (Å²) in [4.78, 5) is 0.0407. The lowest BCUT2D eigenvalue weighted by atomic mass is 10.2. The van der Waals surface area contributed by atoms with Crippen molar-refractivity contribution in [3.05, 3.63) is 53.5 Å². The topological polar surface area (TPSA) is 25.2 Å². The van der Waals surface area contributed by atoms with E-state index >= 15 is 0 Å². The first-order valence-electron chi connectivity index (χ1n) is 6.90. The Kier molecular flexibility index (Phi) is 5.82. The Balaban J connectivity index is 1.99. The number of furan rings is 1. The second-order valence-corrected chi connectivity index (χ2v) is 6.27. The minimum atomic E-state index is -0.520. The summed E-state index contributed by atoms with van der Waals surface area (Å²) < 4.78 is 33.2. The Morgan fingerprint density at radius 1 is 1.24 bits per heavy atom. The van der Waals surface area contributed by atoms with Gasteiger partial charge in [-0.15, -0.1) is 11.8 Å². The van der Waals surface area contributed by atoms with Crippen LogP contribution in [0.25, 0.3) is 0 Å². The van der Waals surface area contributed by atoms with E-state index in [0.29, 0.717) is 29.5 Å². The monoisotopic (exact) mass is 311 g/mol. The predicted molar refractivity (Wildman–Crippen MR) is 81.2 cm³/mol. The third kappa shape index (κ3) is 4.86. The molecule has 0 unspecified atom stereocenters. The van der Waals surface area contributed by atoms with Gasteiger partial charge in [0.1, 0.15) is 17.4 Å². The van der Waals surface area contributed by atoms with Crippen LogP contribution < -0.4 is 5.32 Å². The van der Waals surface area contributed by atoms with Crippen molar-refractivity contribution < 1.29 is 13.2 Å². The molecule has 0 fully saturated rings. The van der Waals surface area contributed by atoms with Crippen LogP contribution in [0.2, 0.25) is 0 Å². The Morgan fingerprint density at radius 2 is 1.95 bits per heavy atom. The van der Waals surface area contributed by atoms with E-state index in [2.05, 4.69) is 19.2 Å². The summed E-state index contributed by atoms with van der Waals surface area (Å²) in [6.07, 6.45) is 1.55. The zero-order valence-electron chi connectivity index (χ0n) is 12.2. The highest BCUT2D eigenvalue weighted by molar-refractivity contribution is 7.98. The summed E-state index contributed by atoms with van der Waals surface area (Å²) in [7, 11) is 0. The minimum Gasteiger partial charge on any atom is -0.468 e. The molecule has 0 radical (unpaired) electrons. The van der Waals surface area contributed by atoms with Crippen LogP contribution >= 0.6 is 11.8 Å². The lowest BCUT2D eigenvalue weighted by Crippen LogP contribution is -2.19. The van der Waals surface area contributed by atoms with Gasteiger partial charge in [0.25, 0.3) is 0 Å². The molecule has 1 N–H and O–H groups in total. The number of thioether (sulfide) groups is 1. The summed E-state index contributed by atoms with van der Waals surface area (Å²) in [6, 6.07) is 6.32. The molecule has 0 spiro atoms. The van der Waals surface area contributed by atoms with Crippen LogP contribution in [0.1, 0.15) is 25.2 Å². The molecule has 2 nitrogen and oxygen atoms in total. The van der Waals surface area contributed by atoms with Crippen LogP contribution in [0, 0.1) is 17.6 Å². The van der Waals surface area contributed by atoms with E-state index < -0.39 is 11.6 Å². The highest BCUT2D eigenvalue weighted by Crippen LogP contribution is 2.29. The molecule has 0 bridgehead atoms. The molecule has 1 heterocycles. The van der Waals surface area contributed by atoms with Crippen molar-refractivity contribution in [1.29, 1.82) is 0 Å². The van der Waals surface area contributed by atoms with Crippen LogP contribution in [0.4, 0.5) is 8.78 Å². The Bertz CT molecular complexity index is 547. The molecular weight excluding hydrogens is 292 g/mol. The third-order valence-corrected chi connectivity index (χ3v) is 3.99. The van der Waals surface area contributed by atoms with Crippen LogP contribution in [0.3, 0.4) is 0 Å². The van der Waals surface area contributed by atoms with Gasteiger partial charge in [0, 0.05) is 6.54 Å². The maximum atomic E-state index is 14.0. The summed E-state index contributed by atoms with van der Waals surface area (Å²) in [5.74, 6) is 0.566. The number of nitrogens with one attached hydrogen (secondary N) is 1. The maximum Gasteiger partial charge on any atom is 0.140 e. The first kappa shape index (κ1) is 16.0. The van der Waals surface area contributed by atoms with E-state index in [1.54, 1.807) is 18.4 Å². The highest BCUT2D eigenvalue weighted by atomic mass is 32.2.